The van der Waals surface area contributed by atoms with E-state index in [0.717, 1.165) is 0 Å². The van der Waals surface area contributed by atoms with E-state index in [0.29, 0.717) is 0 Å². The molecule has 1 aromatic heterocycles. The van der Waals surface area contributed by atoms with Crippen LogP contribution in [0, 0.1) is 11.3 Å². The normalized spacial score (nSPS) is 9.00. The highest BCUT2D eigenvalue weighted by Gasteiger charge is 2.08. The zero-order chi connectivity index (χ0) is 9.84. The summed E-state index contributed by atoms with van der Waals surface area (Å²) in [4.78, 5) is 14.6. The van der Waals surface area contributed by atoms with E-state index in [1.54, 1.807) is 6.07 Å². The summed E-state index contributed by atoms with van der Waals surface area (Å²) >= 11 is 5.64. The van der Waals surface area contributed by atoms with Crippen LogP contribution >= 0.6 is 11.6 Å². The third-order valence-corrected chi connectivity index (χ3v) is 1.66. The molecule has 0 aliphatic heterocycles. The summed E-state index contributed by atoms with van der Waals surface area (Å²) in [6.07, 6.45) is 1.25. The molecule has 0 saturated carbocycles. The molecule has 0 atom stereocenters. The van der Waals surface area contributed by atoms with E-state index in [9.17, 15) is 4.79 Å². The summed E-state index contributed by atoms with van der Waals surface area (Å²) < 4.78 is 4.44. The number of hydrogen-bond acceptors (Lipinski definition) is 4. The van der Waals surface area contributed by atoms with Gasteiger partial charge in [-0.15, -0.1) is 0 Å². The highest BCUT2D eigenvalue weighted by atomic mass is 35.5. The van der Waals surface area contributed by atoms with Gasteiger partial charge >= 0.3 is 5.97 Å². The van der Waals surface area contributed by atoms with Crippen molar-refractivity contribution < 1.29 is 9.53 Å². The van der Waals surface area contributed by atoms with Gasteiger partial charge in [0.1, 0.15) is 6.07 Å². The molecule has 1 rings (SSSR count). The van der Waals surface area contributed by atoms with E-state index in [1.165, 1.54) is 19.4 Å². The molecule has 13 heavy (non-hydrogen) atoms. The fourth-order valence-electron chi connectivity index (χ4n) is 0.750. The molecule has 5 heteroatoms. The Morgan fingerprint density at radius 2 is 2.46 bits per heavy atom. The van der Waals surface area contributed by atoms with Gasteiger partial charge in [0.2, 0.25) is 0 Å². The van der Waals surface area contributed by atoms with Crippen LogP contribution in [0.4, 0.5) is 0 Å². The topological polar surface area (TPSA) is 63.0 Å². The van der Waals surface area contributed by atoms with Crippen LogP contribution in [0.1, 0.15) is 16.1 Å². The fourth-order valence-corrected chi connectivity index (χ4v) is 0.958. The number of esters is 1. The predicted molar refractivity (Wildman–Crippen MR) is 45.3 cm³/mol. The minimum Gasteiger partial charge on any atom is -0.465 e. The fraction of sp³-hybridized carbons (Fsp3) is 0.125. The zero-order valence-corrected chi connectivity index (χ0v) is 7.50. The summed E-state index contributed by atoms with van der Waals surface area (Å²) in [7, 11) is 1.26. The van der Waals surface area contributed by atoms with Crippen molar-refractivity contribution in [1.29, 1.82) is 5.26 Å². The van der Waals surface area contributed by atoms with Crippen LogP contribution in [-0.2, 0) is 4.74 Å². The molecule has 0 aliphatic carbocycles. The smallest absolute Gasteiger partial charge is 0.339 e. The number of ether oxygens (including phenoxy) is 1. The summed E-state index contributed by atoms with van der Waals surface area (Å²) in [6.45, 7) is 0. The molecule has 0 saturated heterocycles. The van der Waals surface area contributed by atoms with Crippen molar-refractivity contribution >= 4 is 17.6 Å². The number of nitriles is 1. The Morgan fingerprint density at radius 3 is 2.92 bits per heavy atom. The van der Waals surface area contributed by atoms with Crippen LogP contribution < -0.4 is 0 Å². The summed E-state index contributed by atoms with van der Waals surface area (Å²) in [5.41, 5.74) is 0.320. The van der Waals surface area contributed by atoms with Gasteiger partial charge in [-0.1, -0.05) is 11.6 Å². The van der Waals surface area contributed by atoms with Gasteiger partial charge in [-0.05, 0) is 6.07 Å². The second kappa shape index (κ2) is 3.87. The molecular formula is C8H5ClN2O2. The molecule has 0 unspecified atom stereocenters. The molecule has 0 bridgehead atoms. The van der Waals surface area contributed by atoms with Crippen molar-refractivity contribution in [2.45, 2.75) is 0 Å². The number of carbonyl (C=O) groups excluding carboxylic acids is 1. The van der Waals surface area contributed by atoms with Gasteiger partial charge in [-0.2, -0.15) is 5.26 Å². The monoisotopic (exact) mass is 196 g/mol. The number of pyridine rings is 1. The number of nitrogens with zero attached hydrogens (tertiary/aromatic N) is 2. The molecule has 0 aliphatic rings. The Balaban J connectivity index is 3.11. The maximum atomic E-state index is 11.0. The molecule has 0 amide bonds. The highest BCUT2D eigenvalue weighted by molar-refractivity contribution is 6.31. The maximum absolute atomic E-state index is 11.0. The van der Waals surface area contributed by atoms with Gasteiger partial charge in [0.05, 0.1) is 17.7 Å². The SMILES string of the molecule is COC(=O)c1cnc(C#N)c(Cl)c1. The van der Waals surface area contributed by atoms with Gasteiger partial charge < -0.3 is 4.74 Å². The number of carbonyl (C=O) groups is 1. The lowest BCUT2D eigenvalue weighted by molar-refractivity contribution is 0.0600. The van der Waals surface area contributed by atoms with E-state index in [2.05, 4.69) is 9.72 Å². The van der Waals surface area contributed by atoms with Gasteiger partial charge in [0.15, 0.2) is 5.69 Å². The standard InChI is InChI=1S/C8H5ClN2O2/c1-13-8(12)5-2-6(9)7(3-10)11-4-5/h2,4H,1H3. The van der Waals surface area contributed by atoms with Crippen LogP contribution in [0.3, 0.4) is 0 Å². The van der Waals surface area contributed by atoms with E-state index in [-0.39, 0.29) is 16.3 Å². The molecule has 4 nitrogen and oxygen atoms in total. The molecule has 0 N–H and O–H groups in total. The maximum Gasteiger partial charge on any atom is 0.339 e. The lowest BCUT2D eigenvalue weighted by Crippen LogP contribution is -2.02. The predicted octanol–water partition coefficient (Wildman–Crippen LogP) is 1.39. The van der Waals surface area contributed by atoms with Crippen molar-refractivity contribution in [3.8, 4) is 6.07 Å². The molecule has 1 aromatic rings. The van der Waals surface area contributed by atoms with Gasteiger partial charge in [0.25, 0.3) is 0 Å². The van der Waals surface area contributed by atoms with Crippen molar-refractivity contribution in [3.05, 3.63) is 28.5 Å². The number of aromatic nitrogens is 1. The second-order valence-corrected chi connectivity index (χ2v) is 2.57. The number of halogens is 1. The third kappa shape index (κ3) is 1.95. The Hall–Kier alpha value is -1.60. The summed E-state index contributed by atoms with van der Waals surface area (Å²) in [5.74, 6) is -0.529. The van der Waals surface area contributed by atoms with Crippen LogP contribution in [-0.4, -0.2) is 18.1 Å². The largest absolute Gasteiger partial charge is 0.465 e. The van der Waals surface area contributed by atoms with Crippen LogP contribution in [0.15, 0.2) is 12.3 Å². The molecule has 0 spiro atoms. The lowest BCUT2D eigenvalue weighted by Gasteiger charge is -1.99. The number of methoxy groups -OCH3 is 1. The highest BCUT2D eigenvalue weighted by Crippen LogP contribution is 2.14. The van der Waals surface area contributed by atoms with Crippen molar-refractivity contribution in [1.82, 2.24) is 4.98 Å². The van der Waals surface area contributed by atoms with Crippen LogP contribution in [0.25, 0.3) is 0 Å². The average Bonchev–Trinajstić information content (AvgIpc) is 2.16. The Morgan fingerprint density at radius 1 is 1.77 bits per heavy atom. The Kier molecular flexibility index (Phi) is 2.83. The zero-order valence-electron chi connectivity index (χ0n) is 6.74. The average molecular weight is 197 g/mol. The number of rotatable bonds is 1. The Bertz CT molecular complexity index is 384. The number of hydrogen-bond donors (Lipinski definition) is 0. The van der Waals surface area contributed by atoms with Crippen LogP contribution in [0.2, 0.25) is 5.02 Å². The van der Waals surface area contributed by atoms with Crippen molar-refractivity contribution in [2.24, 2.45) is 0 Å². The molecule has 0 aromatic carbocycles. The van der Waals surface area contributed by atoms with Crippen molar-refractivity contribution in [3.63, 3.8) is 0 Å². The minimum atomic E-state index is -0.529. The molecule has 1 heterocycles. The first-order valence-corrected chi connectivity index (χ1v) is 3.70. The van der Waals surface area contributed by atoms with Gasteiger partial charge in [-0.25, -0.2) is 9.78 Å². The van der Waals surface area contributed by atoms with Crippen LogP contribution in [0.5, 0.6) is 0 Å². The summed E-state index contributed by atoms with van der Waals surface area (Å²) in [6, 6.07) is 3.13. The van der Waals surface area contributed by atoms with E-state index < -0.39 is 5.97 Å². The Labute approximate surface area is 79.7 Å². The van der Waals surface area contributed by atoms with Gasteiger partial charge in [0, 0.05) is 6.20 Å². The minimum absolute atomic E-state index is 0.0920. The van der Waals surface area contributed by atoms with Crippen molar-refractivity contribution in [2.75, 3.05) is 7.11 Å². The molecular weight excluding hydrogens is 192 g/mol. The van der Waals surface area contributed by atoms with E-state index in [4.69, 9.17) is 16.9 Å². The molecule has 0 radical (unpaired) electrons. The van der Waals surface area contributed by atoms with E-state index in [1.807, 2.05) is 0 Å². The third-order valence-electron chi connectivity index (χ3n) is 1.37. The van der Waals surface area contributed by atoms with E-state index >= 15 is 0 Å². The quantitative estimate of drug-likeness (QED) is 0.637. The first-order valence-electron chi connectivity index (χ1n) is 3.33. The second-order valence-electron chi connectivity index (χ2n) is 2.16. The molecule has 0 fully saturated rings. The molecule has 66 valence electrons. The summed E-state index contributed by atoms with van der Waals surface area (Å²) in [5, 5.41) is 8.64. The van der Waals surface area contributed by atoms with Gasteiger partial charge in [-0.3, -0.25) is 0 Å². The lowest BCUT2D eigenvalue weighted by atomic mass is 10.2. The first-order chi connectivity index (χ1) is 6.19. The first kappa shape index (κ1) is 9.49.